The van der Waals surface area contributed by atoms with Gasteiger partial charge >= 0.3 is 0 Å². The first kappa shape index (κ1) is 13.6. The van der Waals surface area contributed by atoms with Crippen molar-refractivity contribution in [1.82, 2.24) is 9.78 Å². The molecule has 0 saturated carbocycles. The van der Waals surface area contributed by atoms with E-state index in [1.54, 1.807) is 23.6 Å². The maximum atomic E-state index is 12.0. The summed E-state index contributed by atoms with van der Waals surface area (Å²) in [6, 6.07) is 7.69. The lowest BCUT2D eigenvalue weighted by atomic mass is 10.1. The van der Waals surface area contributed by atoms with E-state index in [4.69, 9.17) is 10.5 Å². The minimum atomic E-state index is -0.452. The number of rotatable bonds is 2. The highest BCUT2D eigenvalue weighted by Crippen LogP contribution is 2.36. The second kappa shape index (κ2) is 4.89. The number of fused-ring (bicyclic) bond motifs is 1. The summed E-state index contributed by atoms with van der Waals surface area (Å²) in [6.45, 7) is 2.19. The van der Waals surface area contributed by atoms with Gasteiger partial charge in [-0.25, -0.2) is 0 Å². The zero-order valence-corrected chi connectivity index (χ0v) is 12.3. The van der Waals surface area contributed by atoms with E-state index in [0.29, 0.717) is 12.3 Å². The monoisotopic (exact) mass is 286 g/mol. The molecule has 6 nitrogen and oxygen atoms in total. The molecule has 0 spiro atoms. The first-order valence-electron chi connectivity index (χ1n) is 6.83. The van der Waals surface area contributed by atoms with Crippen molar-refractivity contribution in [2.75, 3.05) is 11.9 Å². The number of hydrogen-bond acceptors (Lipinski definition) is 4. The molecule has 110 valence electrons. The Labute approximate surface area is 123 Å². The van der Waals surface area contributed by atoms with E-state index in [0.717, 1.165) is 22.6 Å². The van der Waals surface area contributed by atoms with Gasteiger partial charge < -0.3 is 15.4 Å². The molecule has 0 saturated heterocycles. The molecule has 3 rings (SSSR count). The summed E-state index contributed by atoms with van der Waals surface area (Å²) in [6.07, 6.45) is -0.452. The average Bonchev–Trinajstić information content (AvgIpc) is 2.86. The van der Waals surface area contributed by atoms with Crippen molar-refractivity contribution in [1.29, 1.82) is 0 Å². The molecule has 1 aliphatic rings. The van der Waals surface area contributed by atoms with E-state index in [1.807, 2.05) is 31.3 Å². The molecule has 1 aliphatic heterocycles. The van der Waals surface area contributed by atoms with Crippen LogP contribution >= 0.6 is 0 Å². The van der Waals surface area contributed by atoms with Crippen LogP contribution in [0.25, 0.3) is 11.3 Å². The Kier molecular flexibility index (Phi) is 3.17. The van der Waals surface area contributed by atoms with E-state index in [9.17, 15) is 4.79 Å². The third-order valence-corrected chi connectivity index (χ3v) is 3.78. The van der Waals surface area contributed by atoms with Crippen LogP contribution in [0.15, 0.2) is 24.3 Å². The Bertz CT molecular complexity index is 708. The number of likely N-dealkylation sites (N-methyl/N-ethyl adjacent to an activating group) is 1. The van der Waals surface area contributed by atoms with Crippen molar-refractivity contribution in [3.8, 4) is 17.0 Å². The average molecular weight is 286 g/mol. The van der Waals surface area contributed by atoms with Crippen LogP contribution in [0.5, 0.6) is 5.75 Å². The molecule has 6 heteroatoms. The molecular weight excluding hydrogens is 268 g/mol. The maximum absolute atomic E-state index is 12.0. The van der Waals surface area contributed by atoms with Crippen LogP contribution in [0.1, 0.15) is 12.6 Å². The minimum Gasteiger partial charge on any atom is -0.479 e. The third kappa shape index (κ3) is 2.17. The lowest BCUT2D eigenvalue weighted by molar-refractivity contribution is -0.125. The number of benzene rings is 1. The molecule has 1 aromatic carbocycles. The Morgan fingerprint density at radius 2 is 2.10 bits per heavy atom. The van der Waals surface area contributed by atoms with Crippen molar-refractivity contribution >= 4 is 11.6 Å². The summed E-state index contributed by atoms with van der Waals surface area (Å²) in [4.78, 5) is 13.6. The Morgan fingerprint density at radius 3 is 2.76 bits per heavy atom. The first-order chi connectivity index (χ1) is 10.0. The maximum Gasteiger partial charge on any atom is 0.267 e. The number of hydrogen-bond donors (Lipinski definition) is 1. The molecule has 1 amide bonds. The lowest BCUT2D eigenvalue weighted by Gasteiger charge is -2.30. The van der Waals surface area contributed by atoms with Crippen LogP contribution in [-0.2, 0) is 18.4 Å². The van der Waals surface area contributed by atoms with Crippen molar-refractivity contribution in [3.05, 3.63) is 30.0 Å². The molecule has 2 heterocycles. The number of amides is 1. The van der Waals surface area contributed by atoms with Crippen LogP contribution in [0.2, 0.25) is 0 Å². The number of anilines is 1. The van der Waals surface area contributed by atoms with Crippen molar-refractivity contribution in [2.24, 2.45) is 12.8 Å². The fourth-order valence-electron chi connectivity index (χ4n) is 2.51. The Morgan fingerprint density at radius 1 is 1.33 bits per heavy atom. The van der Waals surface area contributed by atoms with Gasteiger partial charge in [-0.15, -0.1) is 0 Å². The highest BCUT2D eigenvalue weighted by molar-refractivity contribution is 6.00. The molecule has 0 aliphatic carbocycles. The number of nitrogens with two attached hydrogens (primary N) is 1. The van der Waals surface area contributed by atoms with Crippen molar-refractivity contribution in [3.63, 3.8) is 0 Å². The first-order valence-corrected chi connectivity index (χ1v) is 6.83. The van der Waals surface area contributed by atoms with Gasteiger partial charge in [0.1, 0.15) is 5.75 Å². The van der Waals surface area contributed by atoms with E-state index < -0.39 is 6.10 Å². The fourth-order valence-corrected chi connectivity index (χ4v) is 2.51. The van der Waals surface area contributed by atoms with E-state index in [-0.39, 0.29) is 5.91 Å². The number of carbonyl (C=O) groups excluding carboxylic acids is 1. The predicted molar refractivity (Wildman–Crippen MR) is 80.0 cm³/mol. The summed E-state index contributed by atoms with van der Waals surface area (Å²) in [5, 5.41) is 4.45. The zero-order chi connectivity index (χ0) is 15.1. The SMILES string of the molecule is CC1Oc2ccc(-c3cc(CN)n(C)n3)cc2N(C)C1=O. The molecule has 2 N–H and O–H groups in total. The van der Waals surface area contributed by atoms with Gasteiger partial charge in [0, 0.05) is 26.2 Å². The van der Waals surface area contributed by atoms with Gasteiger partial charge in [-0.3, -0.25) is 9.48 Å². The standard InChI is InChI=1S/C15H18N4O2/c1-9-15(20)18(2)13-6-10(4-5-14(13)21-9)12-7-11(8-16)19(3)17-12/h4-7,9H,8,16H2,1-3H3. The van der Waals surface area contributed by atoms with Crippen LogP contribution in [0.4, 0.5) is 5.69 Å². The van der Waals surface area contributed by atoms with Crippen molar-refractivity contribution < 1.29 is 9.53 Å². The van der Waals surface area contributed by atoms with Crippen molar-refractivity contribution in [2.45, 2.75) is 19.6 Å². The highest BCUT2D eigenvalue weighted by Gasteiger charge is 2.29. The molecule has 1 aromatic heterocycles. The molecule has 2 aromatic rings. The van der Waals surface area contributed by atoms with Crippen LogP contribution in [-0.4, -0.2) is 28.8 Å². The second-order valence-corrected chi connectivity index (χ2v) is 5.19. The number of aromatic nitrogens is 2. The highest BCUT2D eigenvalue weighted by atomic mass is 16.5. The third-order valence-electron chi connectivity index (χ3n) is 3.78. The minimum absolute atomic E-state index is 0.0525. The van der Waals surface area contributed by atoms with E-state index >= 15 is 0 Å². The van der Waals surface area contributed by atoms with Gasteiger partial charge in [0.05, 0.1) is 17.1 Å². The molecule has 0 radical (unpaired) electrons. The topological polar surface area (TPSA) is 73.4 Å². The summed E-state index contributed by atoms with van der Waals surface area (Å²) in [5.41, 5.74) is 9.16. The predicted octanol–water partition coefficient (Wildman–Crippen LogP) is 1.29. The molecular formula is C15H18N4O2. The second-order valence-electron chi connectivity index (χ2n) is 5.19. The normalized spacial score (nSPS) is 17.6. The zero-order valence-electron chi connectivity index (χ0n) is 12.3. The summed E-state index contributed by atoms with van der Waals surface area (Å²) in [5.74, 6) is 0.659. The van der Waals surface area contributed by atoms with E-state index in [1.165, 1.54) is 0 Å². The van der Waals surface area contributed by atoms with Crippen LogP contribution in [0.3, 0.4) is 0 Å². The number of aryl methyl sites for hydroxylation is 1. The van der Waals surface area contributed by atoms with Gasteiger partial charge in [-0.2, -0.15) is 5.10 Å². The Balaban J connectivity index is 2.05. The quantitative estimate of drug-likeness (QED) is 0.903. The van der Waals surface area contributed by atoms with Gasteiger partial charge in [-0.05, 0) is 31.2 Å². The van der Waals surface area contributed by atoms with Gasteiger partial charge in [-0.1, -0.05) is 0 Å². The van der Waals surface area contributed by atoms with E-state index in [2.05, 4.69) is 5.10 Å². The molecule has 1 unspecified atom stereocenters. The molecule has 21 heavy (non-hydrogen) atoms. The largest absolute Gasteiger partial charge is 0.479 e. The van der Waals surface area contributed by atoms with Gasteiger partial charge in [0.25, 0.3) is 5.91 Å². The van der Waals surface area contributed by atoms with Crippen LogP contribution < -0.4 is 15.4 Å². The van der Waals surface area contributed by atoms with Gasteiger partial charge in [0.2, 0.25) is 0 Å². The number of nitrogens with zero attached hydrogens (tertiary/aromatic N) is 3. The molecule has 0 fully saturated rings. The summed E-state index contributed by atoms with van der Waals surface area (Å²) < 4.78 is 7.38. The van der Waals surface area contributed by atoms with Gasteiger partial charge in [0.15, 0.2) is 6.10 Å². The number of carbonyl (C=O) groups is 1. The molecule has 1 atom stereocenters. The van der Waals surface area contributed by atoms with Crippen LogP contribution in [0, 0.1) is 0 Å². The fraction of sp³-hybridized carbons (Fsp3) is 0.333. The summed E-state index contributed by atoms with van der Waals surface area (Å²) in [7, 11) is 3.62. The summed E-state index contributed by atoms with van der Waals surface area (Å²) >= 11 is 0. The molecule has 0 bridgehead atoms. The smallest absolute Gasteiger partial charge is 0.267 e. The number of ether oxygens (including phenoxy) is 1. The lowest BCUT2D eigenvalue weighted by Crippen LogP contribution is -2.41. The Hall–Kier alpha value is -2.34.